The minimum atomic E-state index is -0.736. The summed E-state index contributed by atoms with van der Waals surface area (Å²) in [7, 11) is 1.78. The van der Waals surface area contributed by atoms with E-state index >= 15 is 0 Å². The molecule has 3 heterocycles. The summed E-state index contributed by atoms with van der Waals surface area (Å²) in [6, 6.07) is 21.6. The van der Waals surface area contributed by atoms with E-state index in [0.29, 0.717) is 39.7 Å². The average Bonchev–Trinajstić information content (AvgIpc) is 3.51. The summed E-state index contributed by atoms with van der Waals surface area (Å²) >= 11 is 1.49. The summed E-state index contributed by atoms with van der Waals surface area (Å²) in [6.07, 6.45) is -0.607. The molecule has 0 aliphatic carbocycles. The zero-order valence-electron chi connectivity index (χ0n) is 21.0. The third kappa shape index (κ3) is 4.97. The number of anilines is 1. The molecule has 2 aliphatic heterocycles. The van der Waals surface area contributed by atoms with Gasteiger partial charge in [0.05, 0.1) is 35.6 Å². The SMILES string of the molecule is Cn1nnnc1SCC1CC(c2ccc(CO)cc2)OC(c2cccc(N3C(=O)c4ccccc4C3=O)c2)O1. The molecule has 4 aromatic rings. The second-order valence-corrected chi connectivity index (χ2v) is 10.3. The first-order valence-corrected chi connectivity index (χ1v) is 13.4. The van der Waals surface area contributed by atoms with E-state index < -0.39 is 6.29 Å². The number of aliphatic hydroxyl groups excluding tert-OH is 1. The fourth-order valence-electron chi connectivity index (χ4n) is 4.77. The number of amides is 2. The van der Waals surface area contributed by atoms with Crippen molar-refractivity contribution in [2.24, 2.45) is 7.05 Å². The summed E-state index contributed by atoms with van der Waals surface area (Å²) in [5, 5.41) is 21.7. The molecule has 1 aromatic heterocycles. The number of carbonyl (C=O) groups is 2. The number of ether oxygens (including phenoxy) is 2. The van der Waals surface area contributed by atoms with Crippen LogP contribution >= 0.6 is 11.8 Å². The quantitative estimate of drug-likeness (QED) is 0.274. The molecule has 1 fully saturated rings. The molecule has 1 N–H and O–H groups in total. The van der Waals surface area contributed by atoms with Crippen LogP contribution in [0.2, 0.25) is 0 Å². The Hall–Kier alpha value is -3.90. The van der Waals surface area contributed by atoms with Gasteiger partial charge in [0.2, 0.25) is 5.16 Å². The molecule has 39 heavy (non-hydrogen) atoms. The predicted molar refractivity (Wildman–Crippen MR) is 142 cm³/mol. The van der Waals surface area contributed by atoms with Gasteiger partial charge in [-0.25, -0.2) is 9.58 Å². The van der Waals surface area contributed by atoms with E-state index in [1.807, 2.05) is 30.3 Å². The number of fused-ring (bicyclic) bond motifs is 1. The number of imide groups is 1. The van der Waals surface area contributed by atoms with E-state index in [1.165, 1.54) is 16.7 Å². The van der Waals surface area contributed by atoms with Crippen LogP contribution in [-0.2, 0) is 23.1 Å². The van der Waals surface area contributed by atoms with Crippen molar-refractivity contribution in [3.63, 3.8) is 0 Å². The van der Waals surface area contributed by atoms with Crippen LogP contribution in [0.25, 0.3) is 0 Å². The number of aromatic nitrogens is 4. The Morgan fingerprint density at radius 3 is 2.36 bits per heavy atom. The van der Waals surface area contributed by atoms with Gasteiger partial charge in [-0.2, -0.15) is 0 Å². The summed E-state index contributed by atoms with van der Waals surface area (Å²) in [5.41, 5.74) is 3.71. The normalized spacial score (nSPS) is 20.9. The lowest BCUT2D eigenvalue weighted by Gasteiger charge is -2.36. The van der Waals surface area contributed by atoms with Gasteiger partial charge in [-0.15, -0.1) is 5.10 Å². The summed E-state index contributed by atoms with van der Waals surface area (Å²) in [6.45, 7) is -0.0346. The molecule has 0 radical (unpaired) electrons. The Morgan fingerprint density at radius 1 is 0.949 bits per heavy atom. The molecule has 6 rings (SSSR count). The Labute approximate surface area is 228 Å². The first kappa shape index (κ1) is 25.4. The number of carbonyl (C=O) groups excluding carboxylic acids is 2. The Morgan fingerprint density at radius 2 is 1.69 bits per heavy atom. The minimum Gasteiger partial charge on any atom is -0.392 e. The molecular formula is C28H25N5O5S. The zero-order valence-corrected chi connectivity index (χ0v) is 21.8. The highest BCUT2D eigenvalue weighted by atomic mass is 32.2. The standard InChI is InChI=1S/C28H25N5O5S/c1-32-28(29-30-31-32)39-16-21-14-24(18-11-9-17(15-34)10-12-18)38-27(37-21)19-5-4-6-20(13-19)33-25(35)22-7-2-3-8-23(22)26(33)36/h2-13,21,24,27,34H,14-16H2,1H3. The van der Waals surface area contributed by atoms with Gasteiger partial charge < -0.3 is 14.6 Å². The molecule has 0 saturated carbocycles. The summed E-state index contributed by atoms with van der Waals surface area (Å²) in [5.74, 6) is -0.115. The zero-order chi connectivity index (χ0) is 26.9. The third-order valence-corrected chi connectivity index (χ3v) is 7.93. The average molecular weight is 544 g/mol. The number of nitrogens with zero attached hydrogens (tertiary/aromatic N) is 5. The van der Waals surface area contributed by atoms with Gasteiger partial charge in [-0.3, -0.25) is 9.59 Å². The van der Waals surface area contributed by atoms with Crippen molar-refractivity contribution < 1.29 is 24.2 Å². The number of rotatable bonds is 7. The predicted octanol–water partition coefficient (Wildman–Crippen LogP) is 3.84. The van der Waals surface area contributed by atoms with Gasteiger partial charge in [0.1, 0.15) is 0 Å². The molecule has 3 atom stereocenters. The van der Waals surface area contributed by atoms with Crippen LogP contribution in [0, 0.1) is 0 Å². The van der Waals surface area contributed by atoms with Crippen LogP contribution < -0.4 is 4.90 Å². The lowest BCUT2D eigenvalue weighted by Crippen LogP contribution is -2.32. The number of hydrogen-bond acceptors (Lipinski definition) is 9. The van der Waals surface area contributed by atoms with Crippen molar-refractivity contribution in [1.29, 1.82) is 0 Å². The van der Waals surface area contributed by atoms with Crippen molar-refractivity contribution in [2.75, 3.05) is 10.7 Å². The van der Waals surface area contributed by atoms with Crippen molar-refractivity contribution in [3.8, 4) is 0 Å². The Balaban J connectivity index is 1.28. The molecule has 11 heteroatoms. The highest BCUT2D eigenvalue weighted by Gasteiger charge is 2.37. The van der Waals surface area contributed by atoms with E-state index in [-0.39, 0.29) is 30.6 Å². The van der Waals surface area contributed by atoms with Crippen LogP contribution in [0.5, 0.6) is 0 Å². The maximum Gasteiger partial charge on any atom is 0.266 e. The second kappa shape index (κ2) is 10.7. The van der Waals surface area contributed by atoms with E-state index in [9.17, 15) is 14.7 Å². The summed E-state index contributed by atoms with van der Waals surface area (Å²) in [4.78, 5) is 27.3. The van der Waals surface area contributed by atoms with Gasteiger partial charge >= 0.3 is 0 Å². The highest BCUT2D eigenvalue weighted by molar-refractivity contribution is 7.99. The first-order valence-electron chi connectivity index (χ1n) is 12.5. The Kier molecular flexibility index (Phi) is 6.96. The fourth-order valence-corrected chi connectivity index (χ4v) is 5.64. The largest absolute Gasteiger partial charge is 0.392 e. The van der Waals surface area contributed by atoms with Gasteiger partial charge in [-0.05, 0) is 45.8 Å². The topological polar surface area (TPSA) is 120 Å². The highest BCUT2D eigenvalue weighted by Crippen LogP contribution is 2.40. The molecule has 2 amide bonds. The molecule has 2 aliphatic rings. The smallest absolute Gasteiger partial charge is 0.266 e. The van der Waals surface area contributed by atoms with Crippen molar-refractivity contribution in [1.82, 2.24) is 20.2 Å². The molecule has 3 unspecified atom stereocenters. The number of thioether (sulfide) groups is 1. The number of aryl methyl sites for hydroxylation is 1. The van der Waals surface area contributed by atoms with Crippen molar-refractivity contribution >= 4 is 29.3 Å². The number of tetrazole rings is 1. The minimum absolute atomic E-state index is 0.0346. The summed E-state index contributed by atoms with van der Waals surface area (Å²) < 4.78 is 14.4. The fraction of sp³-hybridized carbons (Fsp3) is 0.250. The van der Waals surface area contributed by atoms with Gasteiger partial charge in [0.15, 0.2) is 6.29 Å². The number of aliphatic hydroxyl groups is 1. The van der Waals surface area contributed by atoms with Crippen LogP contribution in [0.3, 0.4) is 0 Å². The third-order valence-electron chi connectivity index (χ3n) is 6.79. The lowest BCUT2D eigenvalue weighted by atomic mass is 10.0. The van der Waals surface area contributed by atoms with E-state index in [1.54, 1.807) is 54.2 Å². The van der Waals surface area contributed by atoms with Gasteiger partial charge in [0, 0.05) is 24.8 Å². The maximum atomic E-state index is 13.1. The molecule has 3 aromatic carbocycles. The van der Waals surface area contributed by atoms with Crippen LogP contribution in [0.4, 0.5) is 5.69 Å². The number of hydrogen-bond donors (Lipinski definition) is 1. The molecular weight excluding hydrogens is 518 g/mol. The van der Waals surface area contributed by atoms with E-state index in [4.69, 9.17) is 9.47 Å². The van der Waals surface area contributed by atoms with Gasteiger partial charge in [-0.1, -0.05) is 60.3 Å². The second-order valence-electron chi connectivity index (χ2n) is 9.33. The molecule has 198 valence electrons. The molecule has 0 spiro atoms. The lowest BCUT2D eigenvalue weighted by molar-refractivity contribution is -0.245. The molecule has 10 nitrogen and oxygen atoms in total. The van der Waals surface area contributed by atoms with Gasteiger partial charge in [0.25, 0.3) is 11.8 Å². The van der Waals surface area contributed by atoms with Crippen LogP contribution in [0.1, 0.15) is 56.2 Å². The van der Waals surface area contributed by atoms with Crippen LogP contribution in [-0.4, -0.2) is 49.0 Å². The maximum absolute atomic E-state index is 13.1. The van der Waals surface area contributed by atoms with Crippen molar-refractivity contribution in [2.45, 2.75) is 36.7 Å². The van der Waals surface area contributed by atoms with Crippen LogP contribution in [0.15, 0.2) is 78.0 Å². The van der Waals surface area contributed by atoms with Crippen molar-refractivity contribution in [3.05, 3.63) is 101 Å². The van der Waals surface area contributed by atoms with E-state index in [0.717, 1.165) is 11.1 Å². The van der Waals surface area contributed by atoms with E-state index in [2.05, 4.69) is 15.5 Å². The first-order chi connectivity index (χ1) is 19.0. The number of benzene rings is 3. The Bertz CT molecular complexity index is 1490. The molecule has 0 bridgehead atoms. The molecule has 1 saturated heterocycles. The monoisotopic (exact) mass is 543 g/mol.